The molecule has 1 aliphatic heterocycles. The van der Waals surface area contributed by atoms with E-state index in [0.717, 1.165) is 5.56 Å². The van der Waals surface area contributed by atoms with Crippen LogP contribution in [0.15, 0.2) is 54.1 Å². The van der Waals surface area contributed by atoms with Gasteiger partial charge >= 0.3 is 0 Å². The third-order valence-corrected chi connectivity index (χ3v) is 3.09. The van der Waals surface area contributed by atoms with Crippen LogP contribution >= 0.6 is 0 Å². The first kappa shape index (κ1) is 12.0. The molecule has 0 aromatic heterocycles. The normalized spacial score (nSPS) is 26.6. The highest BCUT2D eigenvalue weighted by Crippen LogP contribution is 2.30. The average Bonchev–Trinajstić information content (AvgIpc) is 2.92. The summed E-state index contributed by atoms with van der Waals surface area (Å²) in [5.74, 6) is -0.386. The minimum absolute atomic E-state index is 0.193. The third-order valence-electron chi connectivity index (χ3n) is 3.09. The van der Waals surface area contributed by atoms with Gasteiger partial charge in [-0.05, 0) is 18.2 Å². The lowest BCUT2D eigenvalue weighted by Crippen LogP contribution is -2.22. The number of benzene rings is 1. The molecule has 0 bridgehead atoms. The van der Waals surface area contributed by atoms with Gasteiger partial charge in [0.1, 0.15) is 6.10 Å². The molecule has 0 N–H and O–H groups in total. The third kappa shape index (κ3) is 2.41. The molecule has 2 aliphatic rings. The number of carbonyl (C=O) groups is 2. The van der Waals surface area contributed by atoms with E-state index in [1.807, 2.05) is 30.3 Å². The van der Waals surface area contributed by atoms with Gasteiger partial charge in [0.25, 0.3) is 0 Å². The predicted molar refractivity (Wildman–Crippen MR) is 67.2 cm³/mol. The Balaban J connectivity index is 1.76. The summed E-state index contributed by atoms with van der Waals surface area (Å²) >= 11 is 0. The van der Waals surface area contributed by atoms with Crippen molar-refractivity contribution < 1.29 is 19.1 Å². The van der Waals surface area contributed by atoms with Gasteiger partial charge in [-0.1, -0.05) is 30.3 Å². The van der Waals surface area contributed by atoms with Crippen molar-refractivity contribution >= 4 is 11.6 Å². The zero-order valence-corrected chi connectivity index (χ0v) is 10.1. The molecule has 96 valence electrons. The van der Waals surface area contributed by atoms with E-state index in [4.69, 9.17) is 9.47 Å². The summed E-state index contributed by atoms with van der Waals surface area (Å²) in [6.07, 6.45) is 2.89. The summed E-state index contributed by atoms with van der Waals surface area (Å²) in [7, 11) is 0. The summed E-state index contributed by atoms with van der Waals surface area (Å²) in [6, 6.07) is 9.50. The van der Waals surface area contributed by atoms with Crippen LogP contribution in [0.3, 0.4) is 0 Å². The molecular weight excluding hydrogens is 244 g/mol. The molecule has 3 rings (SSSR count). The molecule has 0 amide bonds. The van der Waals surface area contributed by atoms with Gasteiger partial charge < -0.3 is 9.47 Å². The number of allylic oxidation sites excluding steroid dienone is 3. The number of hydrogen-bond acceptors (Lipinski definition) is 4. The van der Waals surface area contributed by atoms with Crippen LogP contribution in [-0.2, 0) is 19.1 Å². The first-order valence-electron chi connectivity index (χ1n) is 6.04. The second-order valence-corrected chi connectivity index (χ2v) is 4.40. The molecule has 1 heterocycles. The summed E-state index contributed by atoms with van der Waals surface area (Å²) in [5.41, 5.74) is 1.27. The van der Waals surface area contributed by atoms with E-state index in [1.165, 1.54) is 18.2 Å². The monoisotopic (exact) mass is 256 g/mol. The van der Waals surface area contributed by atoms with E-state index in [0.29, 0.717) is 5.57 Å². The molecule has 0 spiro atoms. The molecule has 2 unspecified atom stereocenters. The zero-order chi connectivity index (χ0) is 13.2. The van der Waals surface area contributed by atoms with Crippen LogP contribution in [0.4, 0.5) is 0 Å². The average molecular weight is 256 g/mol. The molecule has 1 aromatic rings. The molecule has 0 saturated carbocycles. The Bertz CT molecular complexity index is 571. The highest BCUT2D eigenvalue weighted by molar-refractivity contribution is 6.17. The summed E-state index contributed by atoms with van der Waals surface area (Å²) < 4.78 is 11.2. The van der Waals surface area contributed by atoms with Crippen LogP contribution in [0.1, 0.15) is 11.9 Å². The van der Waals surface area contributed by atoms with Crippen LogP contribution in [0.25, 0.3) is 0 Å². The van der Waals surface area contributed by atoms with Gasteiger partial charge in [0.15, 0.2) is 17.9 Å². The van der Waals surface area contributed by atoms with Crippen LogP contribution in [0.5, 0.6) is 0 Å². The Morgan fingerprint density at radius 2 is 1.84 bits per heavy atom. The fraction of sp³-hybridized carbons (Fsp3) is 0.200. The second-order valence-electron chi connectivity index (χ2n) is 4.40. The van der Waals surface area contributed by atoms with Crippen LogP contribution in [-0.4, -0.2) is 24.3 Å². The van der Waals surface area contributed by atoms with Crippen molar-refractivity contribution in [2.45, 2.75) is 12.4 Å². The standard InChI is InChI=1S/C15H12O4/c16-11-6-7-13(17)12(8-11)14-9-18-15(19-14)10-4-2-1-3-5-10/h1-8,14-15H,9H2. The van der Waals surface area contributed by atoms with E-state index in [-0.39, 0.29) is 18.2 Å². The van der Waals surface area contributed by atoms with E-state index >= 15 is 0 Å². The van der Waals surface area contributed by atoms with Crippen molar-refractivity contribution in [1.82, 2.24) is 0 Å². The highest BCUT2D eigenvalue weighted by atomic mass is 16.7. The van der Waals surface area contributed by atoms with Gasteiger partial charge in [0.05, 0.1) is 6.61 Å². The molecule has 1 aromatic carbocycles. The van der Waals surface area contributed by atoms with Gasteiger partial charge in [-0.15, -0.1) is 0 Å². The van der Waals surface area contributed by atoms with Crippen molar-refractivity contribution in [3.05, 3.63) is 59.7 Å². The fourth-order valence-corrected chi connectivity index (χ4v) is 2.13. The lowest BCUT2D eigenvalue weighted by molar-refractivity contribution is -0.115. The Hall–Kier alpha value is -2.04. The Kier molecular flexibility index (Phi) is 3.11. The fourth-order valence-electron chi connectivity index (χ4n) is 2.13. The molecule has 1 fully saturated rings. The maximum atomic E-state index is 11.7. The number of rotatable bonds is 2. The lowest BCUT2D eigenvalue weighted by Gasteiger charge is -2.14. The molecule has 4 heteroatoms. The molecular formula is C15H12O4. The van der Waals surface area contributed by atoms with Crippen molar-refractivity contribution in [2.24, 2.45) is 0 Å². The van der Waals surface area contributed by atoms with Gasteiger partial charge in [0, 0.05) is 11.1 Å². The van der Waals surface area contributed by atoms with Gasteiger partial charge in [-0.3, -0.25) is 9.59 Å². The smallest absolute Gasteiger partial charge is 0.184 e. The van der Waals surface area contributed by atoms with Crippen LogP contribution < -0.4 is 0 Å². The second kappa shape index (κ2) is 4.91. The first-order chi connectivity index (χ1) is 9.24. The van der Waals surface area contributed by atoms with Gasteiger partial charge in [0.2, 0.25) is 0 Å². The molecule has 4 nitrogen and oxygen atoms in total. The van der Waals surface area contributed by atoms with Crippen molar-refractivity contribution in [3.8, 4) is 0 Å². The number of hydrogen-bond donors (Lipinski definition) is 0. The van der Waals surface area contributed by atoms with E-state index < -0.39 is 12.4 Å². The Morgan fingerprint density at radius 1 is 1.05 bits per heavy atom. The van der Waals surface area contributed by atoms with Crippen LogP contribution in [0.2, 0.25) is 0 Å². The maximum Gasteiger partial charge on any atom is 0.184 e. The highest BCUT2D eigenvalue weighted by Gasteiger charge is 2.33. The Morgan fingerprint density at radius 3 is 2.63 bits per heavy atom. The lowest BCUT2D eigenvalue weighted by atomic mass is 9.99. The first-order valence-corrected chi connectivity index (χ1v) is 6.04. The summed E-state index contributed by atoms with van der Waals surface area (Å²) in [5, 5.41) is 0. The minimum atomic E-state index is -0.485. The van der Waals surface area contributed by atoms with Crippen LogP contribution in [0, 0.1) is 0 Å². The molecule has 0 radical (unpaired) electrons. The van der Waals surface area contributed by atoms with Gasteiger partial charge in [-0.25, -0.2) is 0 Å². The SMILES string of the molecule is O=C1C=CC(=O)C(C2COC(c3ccccc3)O2)=C1. The quantitative estimate of drug-likeness (QED) is 0.756. The molecule has 1 saturated heterocycles. The van der Waals surface area contributed by atoms with E-state index in [9.17, 15) is 9.59 Å². The topological polar surface area (TPSA) is 52.6 Å². The van der Waals surface area contributed by atoms with Crippen molar-refractivity contribution in [1.29, 1.82) is 0 Å². The number of ketones is 2. The zero-order valence-electron chi connectivity index (χ0n) is 10.1. The van der Waals surface area contributed by atoms with E-state index in [1.54, 1.807) is 0 Å². The summed E-state index contributed by atoms with van der Waals surface area (Å²) in [6.45, 7) is 0.276. The molecule has 1 aliphatic carbocycles. The maximum absolute atomic E-state index is 11.7. The van der Waals surface area contributed by atoms with Crippen molar-refractivity contribution in [2.75, 3.05) is 6.61 Å². The van der Waals surface area contributed by atoms with E-state index in [2.05, 4.69) is 0 Å². The summed E-state index contributed by atoms with van der Waals surface area (Å²) in [4.78, 5) is 23.0. The largest absolute Gasteiger partial charge is 0.345 e. The number of ether oxygens (including phenoxy) is 2. The number of carbonyl (C=O) groups excluding carboxylic acids is 2. The molecule has 2 atom stereocenters. The minimum Gasteiger partial charge on any atom is -0.345 e. The van der Waals surface area contributed by atoms with Gasteiger partial charge in [-0.2, -0.15) is 0 Å². The molecule has 19 heavy (non-hydrogen) atoms. The van der Waals surface area contributed by atoms with Crippen molar-refractivity contribution in [3.63, 3.8) is 0 Å². The Labute approximate surface area is 110 Å². The predicted octanol–water partition coefficient (Wildman–Crippen LogP) is 1.73.